The molecule has 9 heteroatoms. The van der Waals surface area contributed by atoms with Crippen molar-refractivity contribution in [3.8, 4) is 5.75 Å². The molecule has 1 N–H and O–H groups in total. The Bertz CT molecular complexity index is 804. The molecular formula is C15H21N5O3S. The Kier molecular flexibility index (Phi) is 5.13. The van der Waals surface area contributed by atoms with Crippen molar-refractivity contribution in [1.82, 2.24) is 9.97 Å². The van der Waals surface area contributed by atoms with Gasteiger partial charge in [0, 0.05) is 28.2 Å². The zero-order chi connectivity index (χ0) is 17.9. The van der Waals surface area contributed by atoms with Crippen molar-refractivity contribution in [2.75, 3.05) is 49.8 Å². The van der Waals surface area contributed by atoms with Crippen molar-refractivity contribution in [2.45, 2.75) is 4.90 Å². The van der Waals surface area contributed by atoms with Gasteiger partial charge in [0.1, 0.15) is 11.4 Å². The Morgan fingerprint density at radius 3 is 2.17 bits per heavy atom. The highest BCUT2D eigenvalue weighted by Gasteiger charge is 2.19. The van der Waals surface area contributed by atoms with E-state index in [0.717, 1.165) is 0 Å². The van der Waals surface area contributed by atoms with E-state index in [9.17, 15) is 8.42 Å². The van der Waals surface area contributed by atoms with Crippen LogP contribution in [0.15, 0.2) is 35.4 Å². The first-order valence-electron chi connectivity index (χ1n) is 7.13. The molecule has 1 heterocycles. The standard InChI is InChI=1S/C15H21N5O3S/c1-19(2)14-13(10-16-15(17-14)20(3)4)18-24(21,22)12-8-6-11(23-5)7-9-12/h6-10,18H,1-5H3. The highest BCUT2D eigenvalue weighted by Crippen LogP contribution is 2.26. The molecule has 0 fully saturated rings. The highest BCUT2D eigenvalue weighted by molar-refractivity contribution is 7.92. The number of hydrogen-bond donors (Lipinski definition) is 1. The largest absolute Gasteiger partial charge is 0.497 e. The van der Waals surface area contributed by atoms with Gasteiger partial charge in [0.05, 0.1) is 18.2 Å². The lowest BCUT2D eigenvalue weighted by Crippen LogP contribution is -2.21. The number of methoxy groups -OCH3 is 1. The SMILES string of the molecule is COc1ccc(S(=O)(=O)Nc2cnc(N(C)C)nc2N(C)C)cc1. The minimum atomic E-state index is -3.75. The molecule has 0 radical (unpaired) electrons. The van der Waals surface area contributed by atoms with Crippen LogP contribution >= 0.6 is 0 Å². The minimum Gasteiger partial charge on any atom is -0.497 e. The number of anilines is 3. The van der Waals surface area contributed by atoms with Gasteiger partial charge in [-0.3, -0.25) is 4.72 Å². The molecule has 0 aliphatic heterocycles. The second-order valence-corrected chi connectivity index (χ2v) is 7.16. The molecule has 130 valence electrons. The molecule has 0 spiro atoms. The summed E-state index contributed by atoms with van der Waals surface area (Å²) in [6.07, 6.45) is 1.46. The highest BCUT2D eigenvalue weighted by atomic mass is 32.2. The van der Waals surface area contributed by atoms with Crippen LogP contribution in [-0.2, 0) is 10.0 Å². The van der Waals surface area contributed by atoms with E-state index in [1.165, 1.54) is 25.4 Å². The molecule has 8 nitrogen and oxygen atoms in total. The first-order chi connectivity index (χ1) is 11.2. The van der Waals surface area contributed by atoms with Gasteiger partial charge in [0.15, 0.2) is 5.82 Å². The monoisotopic (exact) mass is 351 g/mol. The Morgan fingerprint density at radius 2 is 1.67 bits per heavy atom. The van der Waals surface area contributed by atoms with E-state index in [2.05, 4.69) is 14.7 Å². The Morgan fingerprint density at radius 1 is 1.04 bits per heavy atom. The number of hydrogen-bond acceptors (Lipinski definition) is 7. The van der Waals surface area contributed by atoms with Crippen LogP contribution in [0.1, 0.15) is 0 Å². The first-order valence-corrected chi connectivity index (χ1v) is 8.61. The molecule has 1 aromatic carbocycles. The summed E-state index contributed by atoms with van der Waals surface area (Å²) in [5, 5.41) is 0. The van der Waals surface area contributed by atoms with Gasteiger partial charge in [0.25, 0.3) is 10.0 Å². The number of rotatable bonds is 6. The van der Waals surface area contributed by atoms with Crippen molar-refractivity contribution in [3.05, 3.63) is 30.5 Å². The summed E-state index contributed by atoms with van der Waals surface area (Å²) in [7, 11) is 4.97. The van der Waals surface area contributed by atoms with E-state index < -0.39 is 10.0 Å². The summed E-state index contributed by atoms with van der Waals surface area (Å²) in [5.74, 6) is 1.55. The lowest BCUT2D eigenvalue weighted by Gasteiger charge is -2.19. The predicted octanol–water partition coefficient (Wildman–Crippen LogP) is 1.42. The number of ether oxygens (including phenoxy) is 1. The third-order valence-electron chi connectivity index (χ3n) is 3.19. The third kappa shape index (κ3) is 3.85. The van der Waals surface area contributed by atoms with E-state index >= 15 is 0 Å². The third-order valence-corrected chi connectivity index (χ3v) is 4.57. The van der Waals surface area contributed by atoms with Crippen molar-refractivity contribution in [1.29, 1.82) is 0 Å². The summed E-state index contributed by atoms with van der Waals surface area (Å²) in [4.78, 5) is 12.1. The fraction of sp³-hybridized carbons (Fsp3) is 0.333. The molecule has 2 rings (SSSR count). The van der Waals surface area contributed by atoms with E-state index in [-0.39, 0.29) is 4.90 Å². The Balaban J connectivity index is 2.37. The quantitative estimate of drug-likeness (QED) is 0.842. The van der Waals surface area contributed by atoms with E-state index in [0.29, 0.717) is 23.2 Å². The molecule has 0 bridgehead atoms. The van der Waals surface area contributed by atoms with Gasteiger partial charge in [-0.05, 0) is 24.3 Å². The molecule has 0 amide bonds. The summed E-state index contributed by atoms with van der Waals surface area (Å²) >= 11 is 0. The maximum atomic E-state index is 12.6. The zero-order valence-electron chi connectivity index (χ0n) is 14.3. The molecule has 0 unspecified atom stereocenters. The van der Waals surface area contributed by atoms with Crippen LogP contribution in [0.25, 0.3) is 0 Å². The van der Waals surface area contributed by atoms with Gasteiger partial charge in [-0.1, -0.05) is 0 Å². The molecule has 0 saturated carbocycles. The van der Waals surface area contributed by atoms with Crippen LogP contribution in [0.5, 0.6) is 5.75 Å². The predicted molar refractivity (Wildman–Crippen MR) is 94.5 cm³/mol. The first kappa shape index (κ1) is 17.8. The molecule has 0 atom stereocenters. The van der Waals surface area contributed by atoms with Gasteiger partial charge in [-0.15, -0.1) is 0 Å². The fourth-order valence-corrected chi connectivity index (χ4v) is 3.00. The summed E-state index contributed by atoms with van der Waals surface area (Å²) in [5.41, 5.74) is 0.307. The number of sulfonamides is 1. The molecule has 0 saturated heterocycles. The Hall–Kier alpha value is -2.55. The Labute approximate surface area is 142 Å². The van der Waals surface area contributed by atoms with Gasteiger partial charge < -0.3 is 14.5 Å². The molecule has 0 aliphatic rings. The number of aromatic nitrogens is 2. The number of nitrogens with one attached hydrogen (secondary N) is 1. The molecule has 1 aromatic heterocycles. The summed E-state index contributed by atoms with van der Waals surface area (Å²) in [6.45, 7) is 0. The normalized spacial score (nSPS) is 11.0. The van der Waals surface area contributed by atoms with Gasteiger partial charge >= 0.3 is 0 Å². The van der Waals surface area contributed by atoms with Crippen molar-refractivity contribution in [2.24, 2.45) is 0 Å². The van der Waals surface area contributed by atoms with Gasteiger partial charge in [-0.2, -0.15) is 4.98 Å². The van der Waals surface area contributed by atoms with Crippen LogP contribution in [0.2, 0.25) is 0 Å². The number of benzene rings is 1. The maximum Gasteiger partial charge on any atom is 0.262 e. The lowest BCUT2D eigenvalue weighted by molar-refractivity contribution is 0.414. The molecule has 2 aromatic rings. The van der Waals surface area contributed by atoms with Crippen LogP contribution in [-0.4, -0.2) is 53.7 Å². The smallest absolute Gasteiger partial charge is 0.262 e. The van der Waals surface area contributed by atoms with Crippen molar-refractivity contribution < 1.29 is 13.2 Å². The topological polar surface area (TPSA) is 87.7 Å². The summed E-state index contributed by atoms with van der Waals surface area (Å²) < 4.78 is 32.7. The minimum absolute atomic E-state index is 0.129. The van der Waals surface area contributed by atoms with E-state index in [1.54, 1.807) is 36.0 Å². The fourth-order valence-electron chi connectivity index (χ4n) is 1.95. The van der Waals surface area contributed by atoms with Gasteiger partial charge in [-0.25, -0.2) is 13.4 Å². The van der Waals surface area contributed by atoms with E-state index in [1.807, 2.05) is 14.1 Å². The van der Waals surface area contributed by atoms with Crippen LogP contribution < -0.4 is 19.3 Å². The molecule has 0 aliphatic carbocycles. The molecular weight excluding hydrogens is 330 g/mol. The van der Waals surface area contributed by atoms with Crippen LogP contribution in [0.4, 0.5) is 17.5 Å². The van der Waals surface area contributed by atoms with Crippen LogP contribution in [0, 0.1) is 0 Å². The van der Waals surface area contributed by atoms with Crippen LogP contribution in [0.3, 0.4) is 0 Å². The zero-order valence-corrected chi connectivity index (χ0v) is 15.1. The van der Waals surface area contributed by atoms with Crippen molar-refractivity contribution in [3.63, 3.8) is 0 Å². The van der Waals surface area contributed by atoms with E-state index in [4.69, 9.17) is 4.74 Å². The van der Waals surface area contributed by atoms with Gasteiger partial charge in [0.2, 0.25) is 5.95 Å². The lowest BCUT2D eigenvalue weighted by atomic mass is 10.3. The second-order valence-electron chi connectivity index (χ2n) is 5.48. The van der Waals surface area contributed by atoms with Crippen molar-refractivity contribution >= 4 is 27.5 Å². The number of nitrogens with zero attached hydrogens (tertiary/aromatic N) is 4. The average Bonchev–Trinajstić information content (AvgIpc) is 2.54. The second kappa shape index (κ2) is 6.91. The molecule has 24 heavy (non-hydrogen) atoms. The summed E-state index contributed by atoms with van der Waals surface area (Å²) in [6, 6.07) is 6.14. The average molecular weight is 351 g/mol. The maximum absolute atomic E-state index is 12.6.